The number of carbonyl (C=O) groups excluding carboxylic acids is 2. The fraction of sp³-hybridized carbons (Fsp3) is 0.455. The molecule has 0 saturated carbocycles. The van der Waals surface area contributed by atoms with Gasteiger partial charge in [0.25, 0.3) is 5.91 Å². The summed E-state index contributed by atoms with van der Waals surface area (Å²) in [4.78, 5) is 28.3. The van der Waals surface area contributed by atoms with Gasteiger partial charge in [0.1, 0.15) is 0 Å². The van der Waals surface area contributed by atoms with Gasteiger partial charge in [-0.3, -0.25) is 10.2 Å². The predicted octanol–water partition coefficient (Wildman–Crippen LogP) is 0.527. The van der Waals surface area contributed by atoms with Crippen LogP contribution in [0.4, 0.5) is 4.79 Å². The van der Waals surface area contributed by atoms with E-state index in [4.69, 9.17) is 5.84 Å². The number of urea groups is 1. The molecule has 1 saturated heterocycles. The summed E-state index contributed by atoms with van der Waals surface area (Å²) in [6.45, 7) is 3.96. The highest BCUT2D eigenvalue weighted by molar-refractivity contribution is 7.14. The van der Waals surface area contributed by atoms with Crippen LogP contribution in [0, 0.1) is 6.92 Å². The summed E-state index contributed by atoms with van der Waals surface area (Å²) in [7, 11) is 1.79. The van der Waals surface area contributed by atoms with E-state index in [1.165, 1.54) is 11.3 Å². The average molecular weight is 268 g/mol. The van der Waals surface area contributed by atoms with Crippen LogP contribution in [0.3, 0.4) is 0 Å². The number of nitrogens with one attached hydrogen (secondary N) is 1. The largest absolute Gasteiger partial charge is 0.326 e. The second-order valence-corrected chi connectivity index (χ2v) is 5.55. The number of nitrogens with two attached hydrogens (primary N) is 1. The maximum Gasteiger partial charge on any atom is 0.320 e. The molecule has 1 aliphatic heterocycles. The van der Waals surface area contributed by atoms with Gasteiger partial charge in [0.2, 0.25) is 0 Å². The van der Waals surface area contributed by atoms with Gasteiger partial charge in [-0.1, -0.05) is 0 Å². The van der Waals surface area contributed by atoms with Crippen molar-refractivity contribution in [1.82, 2.24) is 15.2 Å². The molecule has 18 heavy (non-hydrogen) atoms. The van der Waals surface area contributed by atoms with Gasteiger partial charge >= 0.3 is 6.03 Å². The Bertz CT molecular complexity index is 485. The first-order valence-electron chi connectivity index (χ1n) is 5.63. The summed E-state index contributed by atoms with van der Waals surface area (Å²) in [5.74, 6) is 4.81. The molecule has 3 N–H and O–H groups in total. The summed E-state index contributed by atoms with van der Waals surface area (Å²) in [5.41, 5.74) is 3.12. The van der Waals surface area contributed by atoms with Gasteiger partial charge in [0.05, 0.1) is 4.88 Å². The fourth-order valence-corrected chi connectivity index (χ4v) is 2.85. The first kappa shape index (κ1) is 12.8. The lowest BCUT2D eigenvalue weighted by Crippen LogP contribution is -2.29. The first-order chi connectivity index (χ1) is 8.52. The fourth-order valence-electron chi connectivity index (χ4n) is 1.92. The maximum atomic E-state index is 11.8. The summed E-state index contributed by atoms with van der Waals surface area (Å²) >= 11 is 1.39. The molecule has 0 aromatic carbocycles. The van der Waals surface area contributed by atoms with Gasteiger partial charge < -0.3 is 9.80 Å². The number of rotatable bonds is 3. The van der Waals surface area contributed by atoms with Crippen LogP contribution in [0.25, 0.3) is 0 Å². The van der Waals surface area contributed by atoms with E-state index in [1.807, 2.05) is 6.92 Å². The molecule has 2 heterocycles. The monoisotopic (exact) mass is 268 g/mol. The van der Waals surface area contributed by atoms with Crippen molar-refractivity contribution in [3.8, 4) is 0 Å². The van der Waals surface area contributed by atoms with Crippen molar-refractivity contribution in [2.75, 3.05) is 20.1 Å². The van der Waals surface area contributed by atoms with Crippen molar-refractivity contribution in [3.63, 3.8) is 0 Å². The Hall–Kier alpha value is -1.60. The molecule has 0 unspecified atom stereocenters. The Morgan fingerprint density at radius 3 is 2.83 bits per heavy atom. The number of hydrogen-bond acceptors (Lipinski definition) is 4. The molecule has 0 bridgehead atoms. The molecule has 1 aromatic heterocycles. The SMILES string of the molecule is Cc1sc(C(=O)NN)cc1CN1CCN(C)C1=O. The second-order valence-electron chi connectivity index (χ2n) is 4.29. The third-order valence-corrected chi connectivity index (χ3v) is 4.13. The van der Waals surface area contributed by atoms with Gasteiger partial charge in [-0.2, -0.15) is 0 Å². The summed E-state index contributed by atoms with van der Waals surface area (Å²) in [6, 6.07) is 1.83. The number of aryl methyl sites for hydroxylation is 1. The van der Waals surface area contributed by atoms with E-state index in [0.29, 0.717) is 11.4 Å². The first-order valence-corrected chi connectivity index (χ1v) is 6.45. The molecule has 3 amide bonds. The number of hydrazine groups is 1. The molecule has 2 rings (SSSR count). The standard InChI is InChI=1S/C11H16N4O2S/c1-7-8(5-9(18-7)10(16)13-12)6-15-4-3-14(2)11(15)17/h5H,3-4,6,12H2,1-2H3,(H,13,16). The minimum absolute atomic E-state index is 0.0328. The molecule has 0 aliphatic carbocycles. The van der Waals surface area contributed by atoms with Crippen LogP contribution in [0.2, 0.25) is 0 Å². The topological polar surface area (TPSA) is 78.7 Å². The molecule has 1 fully saturated rings. The van der Waals surface area contributed by atoms with E-state index in [1.54, 1.807) is 22.9 Å². The van der Waals surface area contributed by atoms with E-state index in [0.717, 1.165) is 23.5 Å². The molecule has 7 heteroatoms. The van der Waals surface area contributed by atoms with Gasteiger partial charge in [-0.25, -0.2) is 10.6 Å². The van der Waals surface area contributed by atoms with Crippen molar-refractivity contribution in [1.29, 1.82) is 0 Å². The van der Waals surface area contributed by atoms with Crippen LogP contribution in [0.1, 0.15) is 20.1 Å². The quantitative estimate of drug-likeness (QED) is 0.477. The summed E-state index contributed by atoms with van der Waals surface area (Å²) < 4.78 is 0. The minimum atomic E-state index is -0.292. The number of thiophene rings is 1. The molecule has 98 valence electrons. The van der Waals surface area contributed by atoms with Gasteiger partial charge in [-0.15, -0.1) is 11.3 Å². The molecular formula is C11H16N4O2S. The van der Waals surface area contributed by atoms with Crippen LogP contribution in [0.5, 0.6) is 0 Å². The van der Waals surface area contributed by atoms with E-state index in [9.17, 15) is 9.59 Å². The molecule has 0 radical (unpaired) electrons. The van der Waals surface area contributed by atoms with E-state index in [-0.39, 0.29) is 11.9 Å². The van der Waals surface area contributed by atoms with Crippen molar-refractivity contribution < 1.29 is 9.59 Å². The predicted molar refractivity (Wildman–Crippen MR) is 69.1 cm³/mol. The third-order valence-electron chi connectivity index (χ3n) is 3.04. The molecule has 0 spiro atoms. The van der Waals surface area contributed by atoms with E-state index >= 15 is 0 Å². The zero-order valence-corrected chi connectivity index (χ0v) is 11.2. The molecular weight excluding hydrogens is 252 g/mol. The van der Waals surface area contributed by atoms with Crippen LogP contribution < -0.4 is 11.3 Å². The highest BCUT2D eigenvalue weighted by Crippen LogP contribution is 2.24. The third kappa shape index (κ3) is 2.32. The zero-order chi connectivity index (χ0) is 13.3. The van der Waals surface area contributed by atoms with Crippen molar-refractivity contribution >= 4 is 23.3 Å². The normalized spacial score (nSPS) is 15.4. The van der Waals surface area contributed by atoms with Crippen molar-refractivity contribution in [3.05, 3.63) is 21.4 Å². The number of nitrogen functional groups attached to an aromatic ring is 1. The second kappa shape index (κ2) is 4.95. The van der Waals surface area contributed by atoms with E-state index < -0.39 is 0 Å². The van der Waals surface area contributed by atoms with Gasteiger partial charge in [0.15, 0.2) is 0 Å². The highest BCUT2D eigenvalue weighted by Gasteiger charge is 2.26. The number of likely N-dealkylation sites (N-methyl/N-ethyl adjacent to an activating group) is 1. The van der Waals surface area contributed by atoms with Gasteiger partial charge in [0, 0.05) is 31.6 Å². The molecule has 1 aliphatic rings. The summed E-state index contributed by atoms with van der Waals surface area (Å²) in [5, 5.41) is 0. The Kier molecular flexibility index (Phi) is 3.53. The Labute approximate surface area is 109 Å². The number of hydrogen-bond donors (Lipinski definition) is 2. The lowest BCUT2D eigenvalue weighted by Gasteiger charge is -2.15. The summed E-state index contributed by atoms with van der Waals surface area (Å²) in [6.07, 6.45) is 0. The Morgan fingerprint density at radius 2 is 2.28 bits per heavy atom. The van der Waals surface area contributed by atoms with E-state index in [2.05, 4.69) is 5.43 Å². The number of amides is 3. The highest BCUT2D eigenvalue weighted by atomic mass is 32.1. The Morgan fingerprint density at radius 1 is 1.56 bits per heavy atom. The number of carbonyl (C=O) groups is 2. The Balaban J connectivity index is 2.12. The molecule has 0 atom stereocenters. The van der Waals surface area contributed by atoms with Crippen LogP contribution in [-0.2, 0) is 6.54 Å². The molecule has 1 aromatic rings. The maximum absolute atomic E-state index is 11.8. The number of nitrogens with zero attached hydrogens (tertiary/aromatic N) is 2. The average Bonchev–Trinajstić information content (AvgIpc) is 2.87. The van der Waals surface area contributed by atoms with Crippen LogP contribution in [0.15, 0.2) is 6.07 Å². The van der Waals surface area contributed by atoms with Crippen molar-refractivity contribution in [2.45, 2.75) is 13.5 Å². The van der Waals surface area contributed by atoms with Crippen LogP contribution in [-0.4, -0.2) is 41.9 Å². The van der Waals surface area contributed by atoms with Gasteiger partial charge in [-0.05, 0) is 18.6 Å². The van der Waals surface area contributed by atoms with Crippen molar-refractivity contribution in [2.24, 2.45) is 5.84 Å². The molecule has 6 nitrogen and oxygen atoms in total. The smallest absolute Gasteiger partial charge is 0.320 e. The van der Waals surface area contributed by atoms with Crippen LogP contribution >= 0.6 is 11.3 Å². The lowest BCUT2D eigenvalue weighted by atomic mass is 10.2. The lowest BCUT2D eigenvalue weighted by molar-refractivity contribution is 0.0957. The minimum Gasteiger partial charge on any atom is -0.326 e. The zero-order valence-electron chi connectivity index (χ0n) is 10.4.